The first-order valence-electron chi connectivity index (χ1n) is 11.4. The third kappa shape index (κ3) is 18.2. The van der Waals surface area contributed by atoms with E-state index in [9.17, 15) is 0 Å². The highest BCUT2D eigenvalue weighted by Gasteiger charge is 2.32. The lowest BCUT2D eigenvalue weighted by molar-refractivity contribution is -0.107. The molecule has 0 bridgehead atoms. The Hall–Kier alpha value is -0.320. The zero-order valence-corrected chi connectivity index (χ0v) is 18.6. The summed E-state index contributed by atoms with van der Waals surface area (Å²) in [4.78, 5) is 0. The molecule has 0 saturated heterocycles. The summed E-state index contributed by atoms with van der Waals surface area (Å²) in [5, 5.41) is 0. The fraction of sp³-hybridized carbons (Fsp3) is 1.00. The van der Waals surface area contributed by atoms with Crippen molar-refractivity contribution in [1.29, 1.82) is 0 Å². The molecule has 8 N–H and O–H groups in total. The summed E-state index contributed by atoms with van der Waals surface area (Å²) >= 11 is 0. The third-order valence-corrected chi connectivity index (χ3v) is 4.60. The van der Waals surface area contributed by atoms with Gasteiger partial charge in [0.15, 0.2) is 0 Å². The summed E-state index contributed by atoms with van der Waals surface area (Å²) in [7, 11) is 0. The van der Waals surface area contributed by atoms with E-state index in [-0.39, 0.29) is 5.41 Å². The van der Waals surface area contributed by atoms with E-state index in [2.05, 4.69) is 0 Å². The maximum Gasteiger partial charge on any atom is 0.0637 e. The van der Waals surface area contributed by atoms with Gasteiger partial charge in [-0.1, -0.05) is 0 Å². The molecule has 0 fully saturated rings. The standard InChI is InChI=1S/C21H48N4O4/c22-9-1-5-13-26-17-21(18-27-14-6-2-10-23,19-28-15-7-3-11-24)20-29-16-8-4-12-25/h1-20,22-25H2. The molecule has 0 unspecified atom stereocenters. The van der Waals surface area contributed by atoms with Crippen LogP contribution in [0.25, 0.3) is 0 Å². The lowest BCUT2D eigenvalue weighted by Crippen LogP contribution is -2.42. The summed E-state index contributed by atoms with van der Waals surface area (Å²) in [6.45, 7) is 7.67. The molecule has 0 saturated carbocycles. The lowest BCUT2D eigenvalue weighted by atomic mass is 9.92. The SMILES string of the molecule is NCCCCOCC(COCCCCN)(COCCCCN)COCCCCN. The molecule has 0 aliphatic rings. The van der Waals surface area contributed by atoms with Crippen LogP contribution in [0.3, 0.4) is 0 Å². The Bertz CT molecular complexity index is 264. The molecule has 0 aromatic carbocycles. The minimum Gasteiger partial charge on any atom is -0.381 e. The van der Waals surface area contributed by atoms with Crippen molar-refractivity contribution in [3.63, 3.8) is 0 Å². The van der Waals surface area contributed by atoms with E-state index in [4.69, 9.17) is 41.9 Å². The highest BCUT2D eigenvalue weighted by atomic mass is 16.5. The molecule has 0 radical (unpaired) electrons. The fourth-order valence-corrected chi connectivity index (χ4v) is 2.80. The van der Waals surface area contributed by atoms with Crippen molar-refractivity contribution in [1.82, 2.24) is 0 Å². The maximum absolute atomic E-state index is 5.98. The molecule has 0 aliphatic carbocycles. The molecule has 0 heterocycles. The van der Waals surface area contributed by atoms with Gasteiger partial charge in [0, 0.05) is 26.4 Å². The van der Waals surface area contributed by atoms with Gasteiger partial charge >= 0.3 is 0 Å². The molecule has 0 aromatic rings. The number of hydrogen-bond donors (Lipinski definition) is 4. The number of unbranched alkanes of at least 4 members (excludes halogenated alkanes) is 4. The predicted octanol–water partition coefficient (Wildman–Crippen LogP) is 0.995. The third-order valence-electron chi connectivity index (χ3n) is 4.60. The maximum atomic E-state index is 5.98. The van der Waals surface area contributed by atoms with Crippen molar-refractivity contribution in [3.8, 4) is 0 Å². The van der Waals surface area contributed by atoms with Crippen LogP contribution >= 0.6 is 0 Å². The van der Waals surface area contributed by atoms with Crippen molar-refractivity contribution in [2.24, 2.45) is 28.3 Å². The minimum atomic E-state index is -0.323. The van der Waals surface area contributed by atoms with E-state index in [0.29, 0.717) is 79.0 Å². The van der Waals surface area contributed by atoms with E-state index in [0.717, 1.165) is 51.4 Å². The summed E-state index contributed by atoms with van der Waals surface area (Å²) < 4.78 is 23.9. The van der Waals surface area contributed by atoms with Gasteiger partial charge in [-0.15, -0.1) is 0 Å². The normalized spacial score (nSPS) is 12.0. The predicted molar refractivity (Wildman–Crippen MR) is 119 cm³/mol. The van der Waals surface area contributed by atoms with E-state index < -0.39 is 0 Å². The molecular formula is C21H48N4O4. The zero-order chi connectivity index (χ0) is 21.5. The number of nitrogens with two attached hydrogens (primary N) is 4. The van der Waals surface area contributed by atoms with Crippen LogP contribution in [0.1, 0.15) is 51.4 Å². The minimum absolute atomic E-state index is 0.323. The van der Waals surface area contributed by atoms with Crippen molar-refractivity contribution < 1.29 is 18.9 Å². The van der Waals surface area contributed by atoms with Crippen molar-refractivity contribution in [2.75, 3.05) is 79.0 Å². The van der Waals surface area contributed by atoms with Gasteiger partial charge in [0.2, 0.25) is 0 Å². The second-order valence-corrected chi connectivity index (χ2v) is 7.69. The number of ether oxygens (including phenoxy) is 4. The van der Waals surface area contributed by atoms with Gasteiger partial charge in [-0.25, -0.2) is 0 Å². The monoisotopic (exact) mass is 420 g/mol. The molecule has 0 aliphatic heterocycles. The van der Waals surface area contributed by atoms with Gasteiger partial charge in [0.05, 0.1) is 31.8 Å². The fourth-order valence-electron chi connectivity index (χ4n) is 2.80. The quantitative estimate of drug-likeness (QED) is 0.169. The van der Waals surface area contributed by atoms with Crippen LogP contribution in [0.5, 0.6) is 0 Å². The molecule has 0 amide bonds. The molecule has 0 spiro atoms. The van der Waals surface area contributed by atoms with Crippen LogP contribution in [-0.4, -0.2) is 79.0 Å². The highest BCUT2D eigenvalue weighted by Crippen LogP contribution is 2.22. The van der Waals surface area contributed by atoms with E-state index in [1.807, 2.05) is 0 Å². The van der Waals surface area contributed by atoms with Crippen LogP contribution < -0.4 is 22.9 Å². The first-order chi connectivity index (χ1) is 14.2. The Morgan fingerprint density at radius 3 is 0.828 bits per heavy atom. The van der Waals surface area contributed by atoms with Crippen LogP contribution in [0.2, 0.25) is 0 Å². The zero-order valence-electron chi connectivity index (χ0n) is 18.6. The number of rotatable bonds is 24. The lowest BCUT2D eigenvalue weighted by Gasteiger charge is -2.33. The van der Waals surface area contributed by atoms with Gasteiger partial charge < -0.3 is 41.9 Å². The Labute approximate surface area is 178 Å². The highest BCUT2D eigenvalue weighted by molar-refractivity contribution is 4.79. The molecule has 8 nitrogen and oxygen atoms in total. The Morgan fingerprint density at radius 2 is 0.621 bits per heavy atom. The van der Waals surface area contributed by atoms with Crippen LogP contribution in [0.4, 0.5) is 0 Å². The van der Waals surface area contributed by atoms with Crippen LogP contribution in [-0.2, 0) is 18.9 Å². The van der Waals surface area contributed by atoms with Gasteiger partial charge in [0.25, 0.3) is 0 Å². The second kappa shape index (κ2) is 22.4. The molecular weight excluding hydrogens is 372 g/mol. The Kier molecular flexibility index (Phi) is 22.1. The topological polar surface area (TPSA) is 141 Å². The molecule has 29 heavy (non-hydrogen) atoms. The Balaban J connectivity index is 4.69. The molecule has 0 atom stereocenters. The van der Waals surface area contributed by atoms with Crippen molar-refractivity contribution in [3.05, 3.63) is 0 Å². The van der Waals surface area contributed by atoms with Crippen molar-refractivity contribution in [2.45, 2.75) is 51.4 Å². The largest absolute Gasteiger partial charge is 0.381 e. The number of hydrogen-bond acceptors (Lipinski definition) is 8. The summed E-state index contributed by atoms with van der Waals surface area (Å²) in [6.07, 6.45) is 7.69. The van der Waals surface area contributed by atoms with E-state index in [1.165, 1.54) is 0 Å². The second-order valence-electron chi connectivity index (χ2n) is 7.69. The van der Waals surface area contributed by atoms with E-state index in [1.54, 1.807) is 0 Å². The van der Waals surface area contributed by atoms with Gasteiger partial charge in [-0.2, -0.15) is 0 Å². The van der Waals surface area contributed by atoms with E-state index >= 15 is 0 Å². The van der Waals surface area contributed by atoms with Gasteiger partial charge in [0.1, 0.15) is 0 Å². The average Bonchev–Trinajstić information content (AvgIpc) is 2.73. The molecule has 8 heteroatoms. The first kappa shape index (κ1) is 28.7. The molecule has 0 aromatic heterocycles. The van der Waals surface area contributed by atoms with Crippen LogP contribution in [0.15, 0.2) is 0 Å². The molecule has 0 rings (SSSR count). The first-order valence-corrected chi connectivity index (χ1v) is 11.4. The van der Waals surface area contributed by atoms with Gasteiger partial charge in [-0.05, 0) is 77.5 Å². The van der Waals surface area contributed by atoms with Crippen LogP contribution in [0, 0.1) is 5.41 Å². The molecule has 176 valence electrons. The Morgan fingerprint density at radius 1 is 0.379 bits per heavy atom. The summed E-state index contributed by atoms with van der Waals surface area (Å²) in [6, 6.07) is 0. The average molecular weight is 421 g/mol. The van der Waals surface area contributed by atoms with Crippen molar-refractivity contribution >= 4 is 0 Å². The van der Waals surface area contributed by atoms with Gasteiger partial charge in [-0.3, -0.25) is 0 Å². The smallest absolute Gasteiger partial charge is 0.0637 e. The summed E-state index contributed by atoms with van der Waals surface area (Å²) in [5.41, 5.74) is 22.0. The summed E-state index contributed by atoms with van der Waals surface area (Å²) in [5.74, 6) is 0.